The summed E-state index contributed by atoms with van der Waals surface area (Å²) >= 11 is 0. The summed E-state index contributed by atoms with van der Waals surface area (Å²) in [5, 5.41) is 0. The standard InChI is InChI=1S/C13H22N2O2/c1-9(2)12-6-5-11(10(3)14)13(16)15(12)7-8-17-4/h5-6,9-10H,7-8,14H2,1-4H3. The van der Waals surface area contributed by atoms with Gasteiger partial charge in [0.05, 0.1) is 6.61 Å². The van der Waals surface area contributed by atoms with Crippen LogP contribution in [0.1, 0.15) is 44.0 Å². The van der Waals surface area contributed by atoms with Crippen LogP contribution < -0.4 is 11.3 Å². The highest BCUT2D eigenvalue weighted by Crippen LogP contribution is 2.14. The number of rotatable bonds is 5. The van der Waals surface area contributed by atoms with Crippen LogP contribution in [0.3, 0.4) is 0 Å². The van der Waals surface area contributed by atoms with Crippen LogP contribution in [0.25, 0.3) is 0 Å². The number of ether oxygens (including phenoxy) is 1. The minimum atomic E-state index is -0.238. The molecule has 0 aromatic carbocycles. The Balaban J connectivity index is 3.26. The van der Waals surface area contributed by atoms with Crippen molar-refractivity contribution in [1.29, 1.82) is 0 Å². The Kier molecular flexibility index (Phi) is 4.90. The van der Waals surface area contributed by atoms with E-state index in [1.54, 1.807) is 11.7 Å². The third-order valence-electron chi connectivity index (χ3n) is 2.84. The summed E-state index contributed by atoms with van der Waals surface area (Å²) in [5.41, 5.74) is 7.48. The van der Waals surface area contributed by atoms with Crippen molar-refractivity contribution in [2.75, 3.05) is 13.7 Å². The molecule has 1 aromatic rings. The normalized spacial score (nSPS) is 13.1. The van der Waals surface area contributed by atoms with Crippen LogP contribution in [-0.4, -0.2) is 18.3 Å². The van der Waals surface area contributed by atoms with Crippen LogP contribution in [0.2, 0.25) is 0 Å². The van der Waals surface area contributed by atoms with Gasteiger partial charge in [-0.2, -0.15) is 0 Å². The van der Waals surface area contributed by atoms with E-state index in [-0.39, 0.29) is 11.6 Å². The molecule has 1 heterocycles. The average molecular weight is 238 g/mol. The topological polar surface area (TPSA) is 57.2 Å². The molecule has 0 aliphatic carbocycles. The highest BCUT2D eigenvalue weighted by atomic mass is 16.5. The molecule has 4 nitrogen and oxygen atoms in total. The average Bonchev–Trinajstić information content (AvgIpc) is 2.26. The Morgan fingerprint density at radius 3 is 2.47 bits per heavy atom. The summed E-state index contributed by atoms with van der Waals surface area (Å²) < 4.78 is 6.82. The molecule has 0 radical (unpaired) electrons. The zero-order chi connectivity index (χ0) is 13.0. The van der Waals surface area contributed by atoms with Crippen molar-refractivity contribution in [2.24, 2.45) is 5.73 Å². The van der Waals surface area contributed by atoms with Crippen molar-refractivity contribution >= 4 is 0 Å². The summed E-state index contributed by atoms with van der Waals surface area (Å²) in [7, 11) is 1.63. The van der Waals surface area contributed by atoms with Gasteiger partial charge in [-0.15, -0.1) is 0 Å². The molecule has 4 heteroatoms. The van der Waals surface area contributed by atoms with Crippen LogP contribution in [0.4, 0.5) is 0 Å². The van der Waals surface area contributed by atoms with Crippen molar-refractivity contribution in [3.63, 3.8) is 0 Å². The fraction of sp³-hybridized carbons (Fsp3) is 0.615. The highest BCUT2D eigenvalue weighted by molar-refractivity contribution is 5.20. The van der Waals surface area contributed by atoms with Crippen LogP contribution in [0.5, 0.6) is 0 Å². The maximum Gasteiger partial charge on any atom is 0.255 e. The molecule has 0 aliphatic heterocycles. The molecule has 0 aliphatic rings. The lowest BCUT2D eigenvalue weighted by Gasteiger charge is -2.17. The molecule has 1 unspecified atom stereocenters. The largest absolute Gasteiger partial charge is 0.383 e. The van der Waals surface area contributed by atoms with Crippen LogP contribution >= 0.6 is 0 Å². The Hall–Kier alpha value is -1.13. The molecule has 0 saturated carbocycles. The first-order chi connectivity index (χ1) is 7.99. The molecular formula is C13H22N2O2. The molecule has 0 spiro atoms. The van der Waals surface area contributed by atoms with Crippen molar-refractivity contribution in [3.05, 3.63) is 33.7 Å². The maximum atomic E-state index is 12.3. The fourth-order valence-electron chi connectivity index (χ4n) is 1.87. The maximum absolute atomic E-state index is 12.3. The first kappa shape index (κ1) is 13.9. The van der Waals surface area contributed by atoms with Crippen molar-refractivity contribution in [1.82, 2.24) is 4.57 Å². The van der Waals surface area contributed by atoms with E-state index in [0.717, 1.165) is 5.69 Å². The van der Waals surface area contributed by atoms with E-state index in [1.165, 1.54) is 0 Å². The molecule has 0 bridgehead atoms. The van der Waals surface area contributed by atoms with E-state index < -0.39 is 0 Å². The highest BCUT2D eigenvalue weighted by Gasteiger charge is 2.13. The zero-order valence-corrected chi connectivity index (χ0v) is 11.1. The Morgan fingerprint density at radius 2 is 2.00 bits per heavy atom. The predicted molar refractivity (Wildman–Crippen MR) is 69.3 cm³/mol. The molecule has 1 rings (SSSR count). The van der Waals surface area contributed by atoms with Gasteiger partial charge < -0.3 is 15.0 Å². The van der Waals surface area contributed by atoms with Gasteiger partial charge in [0, 0.05) is 31.0 Å². The van der Waals surface area contributed by atoms with E-state index in [4.69, 9.17) is 10.5 Å². The summed E-state index contributed by atoms with van der Waals surface area (Å²) in [6, 6.07) is 3.59. The van der Waals surface area contributed by atoms with E-state index in [2.05, 4.69) is 13.8 Å². The SMILES string of the molecule is COCCn1c(C(C)C)ccc(C(C)N)c1=O. The zero-order valence-electron chi connectivity index (χ0n) is 11.1. The minimum absolute atomic E-state index is 0.00301. The van der Waals surface area contributed by atoms with Gasteiger partial charge in [-0.05, 0) is 18.9 Å². The summed E-state index contributed by atoms with van der Waals surface area (Å²) in [4.78, 5) is 12.3. The van der Waals surface area contributed by atoms with Gasteiger partial charge in [0.2, 0.25) is 0 Å². The molecule has 17 heavy (non-hydrogen) atoms. The number of hydrogen-bond donors (Lipinski definition) is 1. The number of pyridine rings is 1. The minimum Gasteiger partial charge on any atom is -0.383 e. The Bertz CT molecular complexity index is 422. The molecule has 96 valence electrons. The molecule has 0 amide bonds. The Morgan fingerprint density at radius 1 is 1.35 bits per heavy atom. The third kappa shape index (κ3) is 3.17. The van der Waals surface area contributed by atoms with Crippen molar-refractivity contribution in [2.45, 2.75) is 39.3 Å². The van der Waals surface area contributed by atoms with Crippen LogP contribution in [0, 0.1) is 0 Å². The molecule has 1 aromatic heterocycles. The van der Waals surface area contributed by atoms with Gasteiger partial charge in [0.15, 0.2) is 0 Å². The molecule has 1 atom stereocenters. The summed E-state index contributed by atoms with van der Waals surface area (Å²) in [5.74, 6) is 0.307. The third-order valence-corrected chi connectivity index (χ3v) is 2.84. The first-order valence-corrected chi connectivity index (χ1v) is 5.97. The number of nitrogens with zero attached hydrogens (tertiary/aromatic N) is 1. The van der Waals surface area contributed by atoms with E-state index in [1.807, 2.05) is 19.1 Å². The predicted octanol–water partition coefficient (Wildman–Crippen LogP) is 1.64. The molecule has 0 fully saturated rings. The monoisotopic (exact) mass is 238 g/mol. The second kappa shape index (κ2) is 5.98. The van der Waals surface area contributed by atoms with E-state index in [0.29, 0.717) is 24.6 Å². The van der Waals surface area contributed by atoms with Gasteiger partial charge in [-0.1, -0.05) is 19.9 Å². The number of hydrogen-bond acceptors (Lipinski definition) is 3. The molecule has 2 N–H and O–H groups in total. The first-order valence-electron chi connectivity index (χ1n) is 5.97. The van der Waals surface area contributed by atoms with E-state index >= 15 is 0 Å². The second-order valence-electron chi connectivity index (χ2n) is 4.61. The fourth-order valence-corrected chi connectivity index (χ4v) is 1.87. The summed E-state index contributed by atoms with van der Waals surface area (Å²) in [6.07, 6.45) is 0. The lowest BCUT2D eigenvalue weighted by atomic mass is 10.1. The second-order valence-corrected chi connectivity index (χ2v) is 4.61. The van der Waals surface area contributed by atoms with Crippen molar-refractivity contribution < 1.29 is 4.74 Å². The van der Waals surface area contributed by atoms with Crippen molar-refractivity contribution in [3.8, 4) is 0 Å². The smallest absolute Gasteiger partial charge is 0.255 e. The van der Waals surface area contributed by atoms with E-state index in [9.17, 15) is 4.79 Å². The quantitative estimate of drug-likeness (QED) is 0.848. The molecule has 0 saturated heterocycles. The van der Waals surface area contributed by atoms with Crippen LogP contribution in [0.15, 0.2) is 16.9 Å². The number of aromatic nitrogens is 1. The molecular weight excluding hydrogens is 216 g/mol. The lowest BCUT2D eigenvalue weighted by molar-refractivity contribution is 0.185. The number of methoxy groups -OCH3 is 1. The van der Waals surface area contributed by atoms with Gasteiger partial charge in [0.1, 0.15) is 0 Å². The van der Waals surface area contributed by atoms with Crippen LogP contribution in [-0.2, 0) is 11.3 Å². The Labute approximate surface area is 102 Å². The van der Waals surface area contributed by atoms with Gasteiger partial charge in [0.25, 0.3) is 5.56 Å². The lowest BCUT2D eigenvalue weighted by Crippen LogP contribution is -2.31. The van der Waals surface area contributed by atoms with Gasteiger partial charge in [-0.3, -0.25) is 4.79 Å². The number of nitrogens with two attached hydrogens (primary N) is 1. The van der Waals surface area contributed by atoms with Gasteiger partial charge >= 0.3 is 0 Å². The summed E-state index contributed by atoms with van der Waals surface area (Å²) in [6.45, 7) is 7.07. The van der Waals surface area contributed by atoms with Gasteiger partial charge in [-0.25, -0.2) is 0 Å².